The largest absolute Gasteiger partial charge is 0.432 e. The van der Waals surface area contributed by atoms with Crippen molar-refractivity contribution < 1.29 is 9.63 Å². The Bertz CT molecular complexity index is 1440. The van der Waals surface area contributed by atoms with E-state index in [1.165, 1.54) is 27.4 Å². The van der Waals surface area contributed by atoms with E-state index in [2.05, 4.69) is 38.7 Å². The molecular formula is C26H25N5O2S. The summed E-state index contributed by atoms with van der Waals surface area (Å²) in [5.74, 6) is 1.25. The molecule has 3 aromatic carbocycles. The Kier molecular flexibility index (Phi) is 6.49. The zero-order valence-corrected chi connectivity index (χ0v) is 19.6. The van der Waals surface area contributed by atoms with Gasteiger partial charge in [0.1, 0.15) is 0 Å². The summed E-state index contributed by atoms with van der Waals surface area (Å²) >= 11 is 1.51. The van der Waals surface area contributed by atoms with Crippen LogP contribution < -0.4 is 10.2 Å². The predicted octanol–water partition coefficient (Wildman–Crippen LogP) is 5.46. The highest BCUT2D eigenvalue weighted by atomic mass is 32.2. The molecule has 0 bridgehead atoms. The van der Waals surface area contributed by atoms with Crippen LogP contribution >= 0.6 is 11.8 Å². The average Bonchev–Trinajstić information content (AvgIpc) is 3.47. The van der Waals surface area contributed by atoms with Gasteiger partial charge in [-0.15, -0.1) is 14.9 Å². The quantitative estimate of drug-likeness (QED) is 0.294. The zero-order chi connectivity index (χ0) is 23.3. The van der Waals surface area contributed by atoms with Gasteiger partial charge in [-0.1, -0.05) is 73.3 Å². The lowest BCUT2D eigenvalue weighted by molar-refractivity contribution is 0.123. The van der Waals surface area contributed by atoms with E-state index in [-0.39, 0.29) is 0 Å². The second kappa shape index (κ2) is 10.0. The summed E-state index contributed by atoms with van der Waals surface area (Å²) in [7, 11) is 0. The summed E-state index contributed by atoms with van der Waals surface area (Å²) < 4.78 is 1.44. The maximum Gasteiger partial charge on any atom is 0.432 e. The minimum Gasteiger partial charge on any atom is -0.361 e. The molecule has 0 saturated heterocycles. The van der Waals surface area contributed by atoms with Gasteiger partial charge in [-0.3, -0.25) is 0 Å². The highest BCUT2D eigenvalue weighted by Gasteiger charge is 2.19. The highest BCUT2D eigenvalue weighted by Crippen LogP contribution is 2.27. The minimum atomic E-state index is -0.526. The summed E-state index contributed by atoms with van der Waals surface area (Å²) in [5, 5.41) is 15.4. The second-order valence-corrected chi connectivity index (χ2v) is 8.99. The molecule has 0 fully saturated rings. The SMILES string of the molecule is CCCNC(=O)On1c(SCCc2c[nH]c3ccccc23)nnc1-c1ccc2ccccc2c1. The maximum absolute atomic E-state index is 12.4. The first-order valence-corrected chi connectivity index (χ1v) is 12.3. The van der Waals surface area contributed by atoms with Crippen LogP contribution in [0.3, 0.4) is 0 Å². The number of fused-ring (bicyclic) bond motifs is 2. The van der Waals surface area contributed by atoms with Crippen LogP contribution in [0.1, 0.15) is 18.9 Å². The molecule has 0 aliphatic rings. The fraction of sp³-hybridized carbons (Fsp3) is 0.192. The van der Waals surface area contributed by atoms with E-state index in [0.29, 0.717) is 17.5 Å². The number of H-pyrrole nitrogens is 1. The molecule has 172 valence electrons. The van der Waals surface area contributed by atoms with E-state index >= 15 is 0 Å². The summed E-state index contributed by atoms with van der Waals surface area (Å²) in [4.78, 5) is 21.4. The van der Waals surface area contributed by atoms with Crippen molar-refractivity contribution in [2.24, 2.45) is 0 Å². The van der Waals surface area contributed by atoms with Crippen LogP contribution in [0.25, 0.3) is 33.1 Å². The smallest absolute Gasteiger partial charge is 0.361 e. The molecule has 2 heterocycles. The number of benzene rings is 3. The van der Waals surface area contributed by atoms with Crippen LogP contribution in [0, 0.1) is 0 Å². The van der Waals surface area contributed by atoms with Gasteiger partial charge in [0.2, 0.25) is 11.0 Å². The van der Waals surface area contributed by atoms with Crippen molar-refractivity contribution in [1.29, 1.82) is 0 Å². The third-order valence-corrected chi connectivity index (χ3v) is 6.49. The number of carbonyl (C=O) groups is 1. The van der Waals surface area contributed by atoms with E-state index in [1.807, 2.05) is 61.7 Å². The van der Waals surface area contributed by atoms with E-state index in [1.54, 1.807) is 0 Å². The Morgan fingerprint density at radius 1 is 1.06 bits per heavy atom. The topological polar surface area (TPSA) is 84.8 Å². The lowest BCUT2D eigenvalue weighted by Crippen LogP contribution is -2.33. The van der Waals surface area contributed by atoms with Crippen molar-refractivity contribution in [2.75, 3.05) is 12.3 Å². The molecule has 1 amide bonds. The van der Waals surface area contributed by atoms with E-state index < -0.39 is 6.09 Å². The Hall–Kier alpha value is -3.78. The molecule has 0 unspecified atom stereocenters. The molecule has 0 spiro atoms. The van der Waals surface area contributed by atoms with Gasteiger partial charge >= 0.3 is 6.09 Å². The standard InChI is InChI=1S/C26H25N5O2S/c1-2-14-27-26(32)33-31-24(20-12-11-18-7-3-4-8-19(18)16-20)29-30-25(31)34-15-13-21-17-28-23-10-6-5-9-22(21)23/h3-12,16-17,28H,2,13-15H2,1H3,(H,27,32). The number of para-hydroxylation sites is 1. The van der Waals surface area contributed by atoms with Crippen LogP contribution in [0.4, 0.5) is 4.79 Å². The van der Waals surface area contributed by atoms with Crippen LogP contribution in [0.2, 0.25) is 0 Å². The molecule has 5 rings (SSSR count). The number of nitrogens with zero attached hydrogens (tertiary/aromatic N) is 3. The third-order valence-electron chi connectivity index (χ3n) is 5.58. The molecule has 0 aliphatic carbocycles. The molecule has 0 radical (unpaired) electrons. The predicted molar refractivity (Wildman–Crippen MR) is 136 cm³/mol. The zero-order valence-electron chi connectivity index (χ0n) is 18.8. The monoisotopic (exact) mass is 471 g/mol. The number of rotatable bonds is 8. The number of aromatic nitrogens is 4. The van der Waals surface area contributed by atoms with Gasteiger partial charge in [0, 0.05) is 35.0 Å². The van der Waals surface area contributed by atoms with Gasteiger partial charge in [-0.2, -0.15) is 0 Å². The summed E-state index contributed by atoms with van der Waals surface area (Å²) in [5.41, 5.74) is 3.20. The molecule has 7 nitrogen and oxygen atoms in total. The molecule has 2 N–H and O–H groups in total. The van der Waals surface area contributed by atoms with Crippen molar-refractivity contribution in [3.05, 3.63) is 78.5 Å². The van der Waals surface area contributed by atoms with Crippen molar-refractivity contribution in [3.8, 4) is 11.4 Å². The van der Waals surface area contributed by atoms with Crippen LogP contribution in [0.15, 0.2) is 78.1 Å². The normalized spacial score (nSPS) is 11.2. The first-order chi connectivity index (χ1) is 16.7. The number of aryl methyl sites for hydroxylation is 1. The van der Waals surface area contributed by atoms with Crippen molar-refractivity contribution in [2.45, 2.75) is 24.9 Å². The number of hydrogen-bond donors (Lipinski definition) is 2. The van der Waals surface area contributed by atoms with Gasteiger partial charge in [0.25, 0.3) is 0 Å². The van der Waals surface area contributed by atoms with Gasteiger partial charge in [-0.25, -0.2) is 4.79 Å². The molecule has 8 heteroatoms. The fourth-order valence-corrected chi connectivity index (χ4v) is 4.71. The number of amides is 1. The third kappa shape index (κ3) is 4.63. The molecule has 0 atom stereocenters. The molecular weight excluding hydrogens is 446 g/mol. The second-order valence-electron chi connectivity index (χ2n) is 7.93. The molecule has 0 aliphatic heterocycles. The number of aromatic amines is 1. The number of nitrogens with one attached hydrogen (secondary N) is 2. The van der Waals surface area contributed by atoms with E-state index in [9.17, 15) is 4.79 Å². The summed E-state index contributed by atoms with van der Waals surface area (Å²) in [6, 6.07) is 22.4. The highest BCUT2D eigenvalue weighted by molar-refractivity contribution is 7.99. The van der Waals surface area contributed by atoms with Gasteiger partial charge in [0.15, 0.2) is 0 Å². The Labute approximate surface area is 201 Å². The number of thioether (sulfide) groups is 1. The first-order valence-electron chi connectivity index (χ1n) is 11.3. The Morgan fingerprint density at radius 2 is 1.88 bits per heavy atom. The first kappa shape index (κ1) is 22.0. The van der Waals surface area contributed by atoms with Crippen LogP contribution in [-0.4, -0.2) is 38.3 Å². The summed E-state index contributed by atoms with van der Waals surface area (Å²) in [6.07, 6.45) is 3.18. The number of hydrogen-bond acceptors (Lipinski definition) is 5. The van der Waals surface area contributed by atoms with Gasteiger partial charge in [0.05, 0.1) is 0 Å². The molecule has 34 heavy (non-hydrogen) atoms. The van der Waals surface area contributed by atoms with Crippen molar-refractivity contribution >= 4 is 39.5 Å². The molecule has 2 aromatic heterocycles. The van der Waals surface area contributed by atoms with Crippen LogP contribution in [-0.2, 0) is 6.42 Å². The minimum absolute atomic E-state index is 0.493. The molecule has 0 saturated carbocycles. The van der Waals surface area contributed by atoms with E-state index in [4.69, 9.17) is 4.84 Å². The van der Waals surface area contributed by atoms with Gasteiger partial charge < -0.3 is 15.1 Å². The lowest BCUT2D eigenvalue weighted by atomic mass is 10.1. The fourth-order valence-electron chi connectivity index (χ4n) is 3.87. The summed E-state index contributed by atoms with van der Waals surface area (Å²) in [6.45, 7) is 2.53. The maximum atomic E-state index is 12.4. The van der Waals surface area contributed by atoms with Gasteiger partial charge in [-0.05, 0) is 41.3 Å². The van der Waals surface area contributed by atoms with Crippen LogP contribution in [0.5, 0.6) is 0 Å². The molecule has 5 aromatic rings. The van der Waals surface area contributed by atoms with E-state index in [0.717, 1.165) is 40.4 Å². The Balaban J connectivity index is 1.40. The lowest BCUT2D eigenvalue weighted by Gasteiger charge is -2.11. The van der Waals surface area contributed by atoms with Crippen molar-refractivity contribution in [3.63, 3.8) is 0 Å². The van der Waals surface area contributed by atoms with Crippen molar-refractivity contribution in [1.82, 2.24) is 25.2 Å². The number of carbonyl (C=O) groups excluding carboxylic acids is 1. The Morgan fingerprint density at radius 3 is 2.76 bits per heavy atom. The average molecular weight is 472 g/mol.